The normalized spacial score (nSPS) is 19.8. The Morgan fingerprint density at radius 2 is 1.88 bits per heavy atom. The standard InChI is InChI=1S/C22H30N3/c1-16-10-8-9-11-24(16)20-14-19(22(4,5)6)15-21(17(20)2)25-13-12-23(7)18(25)3/h8-15,18H,1-7H3/q+1/t18-/m1/s1/i7D3. The van der Waals surface area contributed by atoms with Crippen molar-refractivity contribution in [3.63, 3.8) is 0 Å². The van der Waals surface area contributed by atoms with E-state index in [-0.39, 0.29) is 11.6 Å². The fourth-order valence-electron chi connectivity index (χ4n) is 3.24. The van der Waals surface area contributed by atoms with Crippen LogP contribution in [0.15, 0.2) is 48.9 Å². The van der Waals surface area contributed by atoms with Crippen LogP contribution in [-0.4, -0.2) is 18.0 Å². The summed E-state index contributed by atoms with van der Waals surface area (Å²) in [6, 6.07) is 10.6. The van der Waals surface area contributed by atoms with Crippen LogP contribution in [0.3, 0.4) is 0 Å². The minimum Gasteiger partial charge on any atom is -0.359 e. The Balaban J connectivity index is 2.19. The van der Waals surface area contributed by atoms with E-state index < -0.39 is 6.98 Å². The largest absolute Gasteiger partial charge is 0.359 e. The first-order valence-electron chi connectivity index (χ1n) is 10.3. The lowest BCUT2D eigenvalue weighted by Crippen LogP contribution is -2.37. The highest BCUT2D eigenvalue weighted by molar-refractivity contribution is 5.64. The molecule has 2 aromatic rings. The number of nitrogens with zero attached hydrogens (tertiary/aromatic N) is 3. The SMILES string of the molecule is [2H]C([2H])([2H])N1C=CN(c2cc(C(C)(C)C)cc(-[n+]3ccccc3C)c2C)[C@@H]1C. The Hall–Kier alpha value is -2.29. The van der Waals surface area contributed by atoms with Crippen LogP contribution in [0.2, 0.25) is 0 Å². The highest BCUT2D eigenvalue weighted by Crippen LogP contribution is 2.34. The summed E-state index contributed by atoms with van der Waals surface area (Å²) in [6.45, 7) is 10.6. The number of aryl methyl sites for hydroxylation is 1. The van der Waals surface area contributed by atoms with Crippen LogP contribution < -0.4 is 9.47 Å². The van der Waals surface area contributed by atoms with Gasteiger partial charge in [0.2, 0.25) is 5.69 Å². The first kappa shape index (κ1) is 13.9. The summed E-state index contributed by atoms with van der Waals surface area (Å²) in [6.07, 6.45) is 5.34. The van der Waals surface area contributed by atoms with Crippen molar-refractivity contribution in [1.82, 2.24) is 4.90 Å². The van der Waals surface area contributed by atoms with Crippen molar-refractivity contribution >= 4 is 5.69 Å². The van der Waals surface area contributed by atoms with Gasteiger partial charge in [0.1, 0.15) is 6.17 Å². The van der Waals surface area contributed by atoms with Gasteiger partial charge >= 0.3 is 0 Å². The number of hydrogen-bond donors (Lipinski definition) is 0. The topological polar surface area (TPSA) is 10.4 Å². The van der Waals surface area contributed by atoms with E-state index in [0.717, 1.165) is 22.6 Å². The molecular weight excluding hydrogens is 306 g/mol. The summed E-state index contributed by atoms with van der Waals surface area (Å²) < 4.78 is 25.6. The minimum atomic E-state index is -2.16. The molecule has 3 heteroatoms. The zero-order valence-electron chi connectivity index (χ0n) is 19.0. The minimum absolute atomic E-state index is 0.0309. The zero-order valence-corrected chi connectivity index (χ0v) is 16.0. The monoisotopic (exact) mass is 339 g/mol. The summed E-state index contributed by atoms with van der Waals surface area (Å²) in [4.78, 5) is 3.48. The second-order valence-corrected chi connectivity index (χ2v) is 7.85. The molecule has 0 spiro atoms. The van der Waals surface area contributed by atoms with E-state index >= 15 is 0 Å². The molecule has 3 nitrogen and oxygen atoms in total. The molecule has 0 saturated carbocycles. The molecule has 0 radical (unpaired) electrons. The third-order valence-electron chi connectivity index (χ3n) is 5.01. The van der Waals surface area contributed by atoms with Gasteiger partial charge in [-0.3, -0.25) is 0 Å². The number of pyridine rings is 1. The maximum absolute atomic E-state index is 7.79. The summed E-state index contributed by atoms with van der Waals surface area (Å²) >= 11 is 0. The first-order valence-corrected chi connectivity index (χ1v) is 8.79. The first-order chi connectivity index (χ1) is 12.9. The van der Waals surface area contributed by atoms with Crippen LogP contribution in [0.4, 0.5) is 5.69 Å². The van der Waals surface area contributed by atoms with Gasteiger partial charge in [-0.05, 0) is 30.9 Å². The molecule has 0 bridgehead atoms. The molecule has 0 N–H and O–H groups in total. The van der Waals surface area contributed by atoms with E-state index in [4.69, 9.17) is 4.11 Å². The molecule has 0 unspecified atom stereocenters. The molecule has 0 fully saturated rings. The van der Waals surface area contributed by atoms with Crippen LogP contribution in [0.25, 0.3) is 5.69 Å². The Bertz CT molecular complexity index is 910. The second kappa shape index (κ2) is 6.21. The summed E-state index contributed by atoms with van der Waals surface area (Å²) in [5, 5.41) is 0. The van der Waals surface area contributed by atoms with Crippen molar-refractivity contribution in [3.8, 4) is 5.69 Å². The molecule has 2 heterocycles. The highest BCUT2D eigenvalue weighted by Gasteiger charge is 2.28. The van der Waals surface area contributed by atoms with Gasteiger partial charge < -0.3 is 9.80 Å². The van der Waals surface area contributed by atoms with Gasteiger partial charge in [0.15, 0.2) is 11.9 Å². The number of aromatic nitrogens is 1. The van der Waals surface area contributed by atoms with Crippen LogP contribution in [0.5, 0.6) is 0 Å². The van der Waals surface area contributed by atoms with Crippen molar-refractivity contribution < 1.29 is 8.68 Å². The van der Waals surface area contributed by atoms with Crippen molar-refractivity contribution in [2.24, 2.45) is 0 Å². The van der Waals surface area contributed by atoms with Crippen molar-refractivity contribution in [2.45, 2.75) is 53.1 Å². The molecule has 25 heavy (non-hydrogen) atoms. The van der Waals surface area contributed by atoms with Crippen molar-refractivity contribution in [1.29, 1.82) is 0 Å². The van der Waals surface area contributed by atoms with Gasteiger partial charge in [-0.25, -0.2) is 0 Å². The van der Waals surface area contributed by atoms with Gasteiger partial charge in [0.25, 0.3) is 0 Å². The maximum Gasteiger partial charge on any atom is 0.216 e. The predicted octanol–water partition coefficient (Wildman–Crippen LogP) is 4.45. The van der Waals surface area contributed by atoms with E-state index in [1.54, 1.807) is 6.20 Å². The third-order valence-corrected chi connectivity index (χ3v) is 5.01. The van der Waals surface area contributed by atoms with E-state index in [1.165, 1.54) is 10.5 Å². The van der Waals surface area contributed by atoms with Crippen LogP contribution in [0, 0.1) is 13.8 Å². The lowest BCUT2D eigenvalue weighted by atomic mass is 9.85. The Morgan fingerprint density at radius 1 is 1.12 bits per heavy atom. The van der Waals surface area contributed by atoms with Crippen LogP contribution in [-0.2, 0) is 5.41 Å². The molecule has 132 valence electrons. The molecule has 0 amide bonds. The van der Waals surface area contributed by atoms with E-state index in [0.29, 0.717) is 0 Å². The van der Waals surface area contributed by atoms with Gasteiger partial charge in [-0.15, -0.1) is 0 Å². The summed E-state index contributed by atoms with van der Waals surface area (Å²) in [5.41, 5.74) is 5.61. The molecule has 1 atom stereocenters. The summed E-state index contributed by atoms with van der Waals surface area (Å²) in [7, 11) is 0. The molecule has 1 aromatic carbocycles. The average molecular weight is 340 g/mol. The average Bonchev–Trinajstić information content (AvgIpc) is 2.96. The van der Waals surface area contributed by atoms with E-state index in [9.17, 15) is 0 Å². The fourth-order valence-corrected chi connectivity index (χ4v) is 3.24. The van der Waals surface area contributed by atoms with E-state index in [2.05, 4.69) is 68.5 Å². The number of benzene rings is 1. The quantitative estimate of drug-likeness (QED) is 0.749. The van der Waals surface area contributed by atoms with Gasteiger partial charge in [-0.1, -0.05) is 26.8 Å². The Morgan fingerprint density at radius 3 is 2.48 bits per heavy atom. The molecule has 0 aliphatic carbocycles. The van der Waals surface area contributed by atoms with Gasteiger partial charge in [-0.2, -0.15) is 4.57 Å². The molecule has 1 aliphatic heterocycles. The van der Waals surface area contributed by atoms with Crippen LogP contribution in [0.1, 0.15) is 48.6 Å². The van der Waals surface area contributed by atoms with Crippen molar-refractivity contribution in [2.75, 3.05) is 11.9 Å². The molecule has 0 saturated heterocycles. The molecular formula is C22H30N3+. The molecule has 3 rings (SSSR count). The highest BCUT2D eigenvalue weighted by atomic mass is 15.4. The fraction of sp³-hybridized carbons (Fsp3) is 0.409. The van der Waals surface area contributed by atoms with Gasteiger partial charge in [0.05, 0.1) is 5.69 Å². The Kier molecular flexibility index (Phi) is 3.46. The lowest BCUT2D eigenvalue weighted by molar-refractivity contribution is -0.603. The number of rotatable bonds is 2. The molecule has 1 aromatic heterocycles. The van der Waals surface area contributed by atoms with Crippen LogP contribution >= 0.6 is 0 Å². The van der Waals surface area contributed by atoms with Gasteiger partial charge in [0, 0.05) is 54.2 Å². The maximum atomic E-state index is 7.79. The number of anilines is 1. The third kappa shape index (κ3) is 3.15. The van der Waals surface area contributed by atoms with E-state index in [1.807, 2.05) is 25.3 Å². The molecule has 1 aliphatic rings. The summed E-state index contributed by atoms with van der Waals surface area (Å²) in [5.74, 6) is 0. The Labute approximate surface area is 156 Å². The smallest absolute Gasteiger partial charge is 0.216 e. The number of hydrogen-bond acceptors (Lipinski definition) is 2. The second-order valence-electron chi connectivity index (χ2n) is 7.85. The van der Waals surface area contributed by atoms with Crippen molar-refractivity contribution in [3.05, 3.63) is 65.7 Å². The lowest BCUT2D eigenvalue weighted by Gasteiger charge is -2.30. The zero-order chi connectivity index (χ0) is 20.9. The predicted molar refractivity (Wildman–Crippen MR) is 105 cm³/mol.